The van der Waals surface area contributed by atoms with Gasteiger partial charge in [0.05, 0.1) is 6.04 Å². The van der Waals surface area contributed by atoms with Crippen molar-refractivity contribution in [3.63, 3.8) is 0 Å². The molecule has 104 valence electrons. The molecule has 1 rings (SSSR count). The Bertz CT molecular complexity index is 335. The number of rotatable bonds is 8. The minimum absolute atomic E-state index is 0.244. The summed E-state index contributed by atoms with van der Waals surface area (Å²) in [5.74, 6) is 0.863. The zero-order valence-corrected chi connectivity index (χ0v) is 11.7. The molecular formula is C12H24N4O2. The van der Waals surface area contributed by atoms with Crippen LogP contribution in [0.3, 0.4) is 0 Å². The van der Waals surface area contributed by atoms with E-state index in [2.05, 4.69) is 23.9 Å². The molecule has 6 heteroatoms. The maximum Gasteiger partial charge on any atom is 0.172 e. The summed E-state index contributed by atoms with van der Waals surface area (Å²) in [5.41, 5.74) is 6.12. The number of ether oxygens (including phenoxy) is 2. The molecule has 18 heavy (non-hydrogen) atoms. The van der Waals surface area contributed by atoms with Gasteiger partial charge in [-0.1, -0.05) is 0 Å². The van der Waals surface area contributed by atoms with Crippen LogP contribution >= 0.6 is 0 Å². The van der Waals surface area contributed by atoms with E-state index < -0.39 is 6.29 Å². The summed E-state index contributed by atoms with van der Waals surface area (Å²) in [5, 5.41) is 4.19. The molecule has 0 bridgehead atoms. The topological polar surface area (TPSA) is 75.2 Å². The average molecular weight is 256 g/mol. The van der Waals surface area contributed by atoms with Crippen molar-refractivity contribution in [2.75, 3.05) is 13.2 Å². The fraction of sp³-hybridized carbons (Fsp3) is 0.833. The van der Waals surface area contributed by atoms with Crippen LogP contribution in [0.15, 0.2) is 6.33 Å². The maximum absolute atomic E-state index is 6.12. The first kappa shape index (κ1) is 15.1. The summed E-state index contributed by atoms with van der Waals surface area (Å²) >= 11 is 0. The lowest BCUT2D eigenvalue weighted by Crippen LogP contribution is -2.41. The summed E-state index contributed by atoms with van der Waals surface area (Å²) in [7, 11) is 0. The highest BCUT2D eigenvalue weighted by Crippen LogP contribution is 2.10. The summed E-state index contributed by atoms with van der Waals surface area (Å²) in [4.78, 5) is 4.24. The van der Waals surface area contributed by atoms with Crippen LogP contribution < -0.4 is 5.73 Å². The molecule has 0 aliphatic carbocycles. The van der Waals surface area contributed by atoms with Crippen LogP contribution in [-0.2, 0) is 15.9 Å². The molecule has 0 radical (unpaired) electrons. The largest absolute Gasteiger partial charge is 0.351 e. The van der Waals surface area contributed by atoms with Gasteiger partial charge in [-0.3, -0.25) is 0 Å². The van der Waals surface area contributed by atoms with Gasteiger partial charge in [-0.15, -0.1) is 0 Å². The molecule has 0 saturated heterocycles. The zero-order chi connectivity index (χ0) is 13.5. The SMILES string of the molecule is CCOC(OCC)C(N)Cc1ncnn1C(C)C. The van der Waals surface area contributed by atoms with Crippen LogP contribution in [0.5, 0.6) is 0 Å². The molecule has 0 amide bonds. The van der Waals surface area contributed by atoms with Gasteiger partial charge < -0.3 is 15.2 Å². The lowest BCUT2D eigenvalue weighted by molar-refractivity contribution is -0.148. The quantitative estimate of drug-likeness (QED) is 0.706. The molecule has 0 aliphatic rings. The Labute approximate surface area is 108 Å². The molecule has 0 fully saturated rings. The van der Waals surface area contributed by atoms with Crippen molar-refractivity contribution in [3.8, 4) is 0 Å². The lowest BCUT2D eigenvalue weighted by atomic mass is 10.2. The van der Waals surface area contributed by atoms with E-state index in [1.807, 2.05) is 18.5 Å². The molecule has 0 saturated carbocycles. The Hall–Kier alpha value is -0.980. The fourth-order valence-electron chi connectivity index (χ4n) is 1.78. The molecule has 1 aromatic heterocycles. The van der Waals surface area contributed by atoms with Gasteiger partial charge in [0, 0.05) is 25.7 Å². The van der Waals surface area contributed by atoms with Gasteiger partial charge in [-0.05, 0) is 27.7 Å². The molecule has 0 aromatic carbocycles. The summed E-state index contributed by atoms with van der Waals surface area (Å²) in [6, 6.07) is 0.0268. The van der Waals surface area contributed by atoms with Gasteiger partial charge in [-0.25, -0.2) is 9.67 Å². The summed E-state index contributed by atoms with van der Waals surface area (Å²) in [6.45, 7) is 9.13. The Morgan fingerprint density at radius 3 is 2.39 bits per heavy atom. The highest BCUT2D eigenvalue weighted by Gasteiger charge is 2.21. The Morgan fingerprint density at radius 1 is 1.28 bits per heavy atom. The Morgan fingerprint density at radius 2 is 1.89 bits per heavy atom. The molecule has 1 unspecified atom stereocenters. The summed E-state index contributed by atoms with van der Waals surface area (Å²) in [6.07, 6.45) is 1.75. The van der Waals surface area contributed by atoms with E-state index in [1.54, 1.807) is 6.33 Å². The van der Waals surface area contributed by atoms with Crippen molar-refractivity contribution >= 4 is 0 Å². The standard InChI is InChI=1S/C12H24N4O2/c1-5-17-12(18-6-2)10(13)7-11-14-8-15-16(11)9(3)4/h8-10,12H,5-7,13H2,1-4H3. The van der Waals surface area contributed by atoms with E-state index in [4.69, 9.17) is 15.2 Å². The third-order valence-electron chi connectivity index (χ3n) is 2.57. The van der Waals surface area contributed by atoms with Gasteiger partial charge in [0.25, 0.3) is 0 Å². The van der Waals surface area contributed by atoms with Gasteiger partial charge in [-0.2, -0.15) is 5.10 Å². The molecule has 1 heterocycles. The van der Waals surface area contributed by atoms with Crippen molar-refractivity contribution in [1.82, 2.24) is 14.8 Å². The predicted octanol–water partition coefficient (Wildman–Crippen LogP) is 1.13. The number of aromatic nitrogens is 3. The smallest absolute Gasteiger partial charge is 0.172 e. The Balaban J connectivity index is 2.66. The number of nitrogens with two attached hydrogens (primary N) is 1. The maximum atomic E-state index is 6.12. The van der Waals surface area contributed by atoms with E-state index in [-0.39, 0.29) is 12.1 Å². The van der Waals surface area contributed by atoms with Gasteiger partial charge >= 0.3 is 0 Å². The monoisotopic (exact) mass is 256 g/mol. The van der Waals surface area contributed by atoms with Crippen LogP contribution in [-0.4, -0.2) is 40.3 Å². The molecule has 1 atom stereocenters. The molecular weight excluding hydrogens is 232 g/mol. The van der Waals surface area contributed by atoms with E-state index in [0.717, 1.165) is 5.82 Å². The lowest BCUT2D eigenvalue weighted by Gasteiger charge is -2.23. The number of nitrogens with zero attached hydrogens (tertiary/aromatic N) is 3. The van der Waals surface area contributed by atoms with Gasteiger partial charge in [0.1, 0.15) is 12.2 Å². The third-order valence-corrected chi connectivity index (χ3v) is 2.57. The van der Waals surface area contributed by atoms with Crippen LogP contribution in [0.1, 0.15) is 39.6 Å². The first-order chi connectivity index (χ1) is 8.60. The highest BCUT2D eigenvalue weighted by atomic mass is 16.7. The molecule has 0 spiro atoms. The Kier molecular flexibility index (Phi) is 6.24. The van der Waals surface area contributed by atoms with Crippen molar-refractivity contribution < 1.29 is 9.47 Å². The zero-order valence-electron chi connectivity index (χ0n) is 11.7. The minimum atomic E-state index is -0.391. The number of hydrogen-bond acceptors (Lipinski definition) is 5. The van der Waals surface area contributed by atoms with Gasteiger partial charge in [0.15, 0.2) is 6.29 Å². The van der Waals surface area contributed by atoms with Crippen molar-refractivity contribution in [1.29, 1.82) is 0 Å². The van der Waals surface area contributed by atoms with Gasteiger partial charge in [0.2, 0.25) is 0 Å². The van der Waals surface area contributed by atoms with Crippen LogP contribution in [0.4, 0.5) is 0 Å². The highest BCUT2D eigenvalue weighted by molar-refractivity contribution is 4.91. The molecule has 2 N–H and O–H groups in total. The van der Waals surface area contributed by atoms with Crippen molar-refractivity contribution in [2.45, 2.75) is 52.5 Å². The average Bonchev–Trinajstić information content (AvgIpc) is 2.77. The van der Waals surface area contributed by atoms with E-state index >= 15 is 0 Å². The second-order valence-electron chi connectivity index (χ2n) is 4.36. The van der Waals surface area contributed by atoms with E-state index in [1.165, 1.54) is 0 Å². The first-order valence-electron chi connectivity index (χ1n) is 6.47. The number of hydrogen-bond donors (Lipinski definition) is 1. The normalized spacial score (nSPS) is 13.5. The fourth-order valence-corrected chi connectivity index (χ4v) is 1.78. The van der Waals surface area contributed by atoms with Crippen molar-refractivity contribution in [3.05, 3.63) is 12.2 Å². The minimum Gasteiger partial charge on any atom is -0.351 e. The van der Waals surface area contributed by atoms with Crippen LogP contribution in [0, 0.1) is 0 Å². The summed E-state index contributed by atoms with van der Waals surface area (Å²) < 4.78 is 12.8. The van der Waals surface area contributed by atoms with E-state index in [0.29, 0.717) is 19.6 Å². The van der Waals surface area contributed by atoms with Crippen LogP contribution in [0.25, 0.3) is 0 Å². The van der Waals surface area contributed by atoms with Crippen molar-refractivity contribution in [2.24, 2.45) is 5.73 Å². The molecule has 6 nitrogen and oxygen atoms in total. The van der Waals surface area contributed by atoms with E-state index in [9.17, 15) is 0 Å². The molecule has 1 aromatic rings. The second kappa shape index (κ2) is 7.45. The van der Waals surface area contributed by atoms with Crippen LogP contribution in [0.2, 0.25) is 0 Å². The second-order valence-corrected chi connectivity index (χ2v) is 4.36. The molecule has 0 aliphatic heterocycles. The predicted molar refractivity (Wildman–Crippen MR) is 69.1 cm³/mol. The third kappa shape index (κ3) is 4.04. The first-order valence-corrected chi connectivity index (χ1v) is 6.47.